The molecule has 1 aromatic carbocycles. The Morgan fingerprint density at radius 3 is 2.91 bits per heavy atom. The number of carbonyl (C=O) groups is 1. The molecule has 0 aliphatic heterocycles. The minimum atomic E-state index is -0.710. The van der Waals surface area contributed by atoms with Crippen molar-refractivity contribution in [2.24, 2.45) is 0 Å². The number of amides is 1. The summed E-state index contributed by atoms with van der Waals surface area (Å²) in [6.45, 7) is 1.23. The molecule has 1 N–H and O–H groups in total. The van der Waals surface area contributed by atoms with Crippen LogP contribution in [0.2, 0.25) is 0 Å². The standard InChI is InChI=1S/C14H13FN2O5/c1-9(12-3-2-6-21-12)16-14(18)8-22-13-7-10(15)4-5-11(13)17(19)20/h2-7,9H,8H2,1H3,(H,16,18). The maximum Gasteiger partial charge on any atom is 0.311 e. The number of nitro groups is 1. The Morgan fingerprint density at radius 2 is 2.27 bits per heavy atom. The number of nitrogens with one attached hydrogen (secondary N) is 1. The number of nitrogens with zero attached hydrogens (tertiary/aromatic N) is 1. The zero-order valence-corrected chi connectivity index (χ0v) is 11.6. The molecule has 0 aliphatic rings. The molecule has 0 fully saturated rings. The smallest absolute Gasteiger partial charge is 0.311 e. The predicted octanol–water partition coefficient (Wildman–Crippen LogP) is 2.58. The average molecular weight is 308 g/mol. The SMILES string of the molecule is CC(NC(=O)COc1cc(F)ccc1[N+](=O)[O-])c1ccco1. The van der Waals surface area contributed by atoms with E-state index in [0.717, 1.165) is 18.2 Å². The monoisotopic (exact) mass is 308 g/mol. The fraction of sp³-hybridized carbons (Fsp3) is 0.214. The Morgan fingerprint density at radius 1 is 1.50 bits per heavy atom. The van der Waals surface area contributed by atoms with Gasteiger partial charge < -0.3 is 14.5 Å². The molecule has 22 heavy (non-hydrogen) atoms. The molecule has 1 heterocycles. The largest absolute Gasteiger partial charge is 0.477 e. The Balaban J connectivity index is 1.96. The highest BCUT2D eigenvalue weighted by Gasteiger charge is 2.18. The molecule has 1 aromatic heterocycles. The van der Waals surface area contributed by atoms with Crippen molar-refractivity contribution in [1.82, 2.24) is 5.32 Å². The van der Waals surface area contributed by atoms with Gasteiger partial charge in [0.15, 0.2) is 6.61 Å². The maximum atomic E-state index is 13.1. The van der Waals surface area contributed by atoms with Crippen LogP contribution in [0.4, 0.5) is 10.1 Å². The highest BCUT2D eigenvalue weighted by Crippen LogP contribution is 2.27. The molecule has 0 spiro atoms. The summed E-state index contributed by atoms with van der Waals surface area (Å²) < 4.78 is 23.3. The fourth-order valence-corrected chi connectivity index (χ4v) is 1.79. The van der Waals surface area contributed by atoms with Crippen molar-refractivity contribution in [3.05, 3.63) is 58.3 Å². The van der Waals surface area contributed by atoms with Gasteiger partial charge in [0.1, 0.15) is 11.6 Å². The Hall–Kier alpha value is -2.90. The first kappa shape index (κ1) is 15.5. The molecule has 2 rings (SSSR count). The molecule has 1 atom stereocenters. The van der Waals surface area contributed by atoms with Crippen molar-refractivity contribution in [1.29, 1.82) is 0 Å². The number of halogens is 1. The van der Waals surface area contributed by atoms with Crippen molar-refractivity contribution >= 4 is 11.6 Å². The van der Waals surface area contributed by atoms with Crippen LogP contribution in [0.1, 0.15) is 18.7 Å². The van der Waals surface area contributed by atoms with E-state index in [1.165, 1.54) is 6.26 Å². The van der Waals surface area contributed by atoms with Gasteiger partial charge in [-0.1, -0.05) is 0 Å². The highest BCUT2D eigenvalue weighted by molar-refractivity contribution is 5.78. The molecule has 0 bridgehead atoms. The average Bonchev–Trinajstić information content (AvgIpc) is 2.99. The van der Waals surface area contributed by atoms with Crippen LogP contribution in [0.3, 0.4) is 0 Å². The third kappa shape index (κ3) is 3.81. The zero-order chi connectivity index (χ0) is 16.1. The first-order chi connectivity index (χ1) is 10.5. The van der Waals surface area contributed by atoms with E-state index in [4.69, 9.17) is 9.15 Å². The number of benzene rings is 1. The van der Waals surface area contributed by atoms with Crippen LogP contribution in [0, 0.1) is 15.9 Å². The third-order valence-corrected chi connectivity index (χ3v) is 2.82. The van der Waals surface area contributed by atoms with E-state index >= 15 is 0 Å². The summed E-state index contributed by atoms with van der Waals surface area (Å²) in [5.74, 6) is -0.941. The molecule has 1 amide bonds. The molecule has 2 aromatic rings. The maximum absolute atomic E-state index is 13.1. The van der Waals surface area contributed by atoms with Crippen molar-refractivity contribution in [2.75, 3.05) is 6.61 Å². The Bertz CT molecular complexity index is 672. The lowest BCUT2D eigenvalue weighted by molar-refractivity contribution is -0.385. The van der Waals surface area contributed by atoms with Crippen LogP contribution in [-0.4, -0.2) is 17.4 Å². The van der Waals surface area contributed by atoms with Crippen LogP contribution in [0.25, 0.3) is 0 Å². The fourth-order valence-electron chi connectivity index (χ4n) is 1.79. The number of carbonyl (C=O) groups excluding carboxylic acids is 1. The summed E-state index contributed by atoms with van der Waals surface area (Å²) >= 11 is 0. The van der Waals surface area contributed by atoms with Gasteiger partial charge in [0, 0.05) is 12.1 Å². The van der Waals surface area contributed by atoms with Gasteiger partial charge in [0.05, 0.1) is 17.2 Å². The lowest BCUT2D eigenvalue weighted by atomic mass is 10.2. The second-order valence-corrected chi connectivity index (χ2v) is 4.46. The number of furan rings is 1. The van der Waals surface area contributed by atoms with E-state index in [0.29, 0.717) is 5.76 Å². The first-order valence-electron chi connectivity index (χ1n) is 6.37. The summed E-state index contributed by atoms with van der Waals surface area (Å²) in [6, 6.07) is 5.79. The van der Waals surface area contributed by atoms with Crippen LogP contribution in [0.15, 0.2) is 41.0 Å². The van der Waals surface area contributed by atoms with E-state index in [1.54, 1.807) is 19.1 Å². The van der Waals surface area contributed by atoms with E-state index in [2.05, 4.69) is 5.32 Å². The minimum absolute atomic E-state index is 0.300. The Kier molecular flexibility index (Phi) is 4.72. The topological polar surface area (TPSA) is 94.6 Å². The molecule has 0 saturated carbocycles. The number of ether oxygens (including phenoxy) is 1. The summed E-state index contributed by atoms with van der Waals surface area (Å²) in [7, 11) is 0. The van der Waals surface area contributed by atoms with Crippen molar-refractivity contribution in [2.45, 2.75) is 13.0 Å². The molecular weight excluding hydrogens is 295 g/mol. The summed E-state index contributed by atoms with van der Waals surface area (Å²) in [4.78, 5) is 21.8. The van der Waals surface area contributed by atoms with Gasteiger partial charge in [-0.15, -0.1) is 0 Å². The molecule has 0 saturated heterocycles. The van der Waals surface area contributed by atoms with E-state index < -0.39 is 28.9 Å². The zero-order valence-electron chi connectivity index (χ0n) is 11.6. The van der Waals surface area contributed by atoms with Gasteiger partial charge >= 0.3 is 5.69 Å². The number of hydrogen-bond acceptors (Lipinski definition) is 5. The van der Waals surface area contributed by atoms with Crippen LogP contribution < -0.4 is 10.1 Å². The van der Waals surface area contributed by atoms with Gasteiger partial charge in [0.25, 0.3) is 5.91 Å². The van der Waals surface area contributed by atoms with Gasteiger partial charge in [0.2, 0.25) is 5.75 Å². The van der Waals surface area contributed by atoms with Gasteiger partial charge in [-0.25, -0.2) is 4.39 Å². The van der Waals surface area contributed by atoms with Gasteiger partial charge in [-0.2, -0.15) is 0 Å². The highest BCUT2D eigenvalue weighted by atomic mass is 19.1. The molecule has 7 nitrogen and oxygen atoms in total. The minimum Gasteiger partial charge on any atom is -0.477 e. The first-order valence-corrected chi connectivity index (χ1v) is 6.37. The third-order valence-electron chi connectivity index (χ3n) is 2.82. The van der Waals surface area contributed by atoms with Crippen LogP contribution >= 0.6 is 0 Å². The van der Waals surface area contributed by atoms with Crippen molar-refractivity contribution in [3.63, 3.8) is 0 Å². The number of rotatable bonds is 6. The molecular formula is C14H13FN2O5. The summed E-state index contributed by atoms with van der Waals surface area (Å²) in [5, 5.41) is 13.4. The van der Waals surface area contributed by atoms with Gasteiger partial charge in [-0.05, 0) is 25.1 Å². The van der Waals surface area contributed by atoms with E-state index in [9.17, 15) is 19.3 Å². The molecule has 0 aliphatic carbocycles. The number of hydrogen-bond donors (Lipinski definition) is 1. The van der Waals surface area contributed by atoms with E-state index in [-0.39, 0.29) is 11.8 Å². The molecule has 0 radical (unpaired) electrons. The predicted molar refractivity (Wildman–Crippen MR) is 73.8 cm³/mol. The second kappa shape index (κ2) is 6.70. The van der Waals surface area contributed by atoms with E-state index in [1.807, 2.05) is 0 Å². The Labute approximate surface area is 124 Å². The van der Waals surface area contributed by atoms with Crippen molar-refractivity contribution in [3.8, 4) is 5.75 Å². The number of nitro benzene ring substituents is 1. The second-order valence-electron chi connectivity index (χ2n) is 4.46. The van der Waals surface area contributed by atoms with Gasteiger partial charge in [-0.3, -0.25) is 14.9 Å². The van der Waals surface area contributed by atoms with Crippen LogP contribution in [-0.2, 0) is 4.79 Å². The quantitative estimate of drug-likeness (QED) is 0.653. The van der Waals surface area contributed by atoms with Crippen LogP contribution in [0.5, 0.6) is 5.75 Å². The lowest BCUT2D eigenvalue weighted by Crippen LogP contribution is -2.31. The lowest BCUT2D eigenvalue weighted by Gasteiger charge is -2.12. The molecule has 116 valence electrons. The normalized spacial score (nSPS) is 11.7. The van der Waals surface area contributed by atoms with Crippen molar-refractivity contribution < 1.29 is 23.3 Å². The molecule has 1 unspecified atom stereocenters. The summed E-state index contributed by atoms with van der Waals surface area (Å²) in [6.07, 6.45) is 1.48. The molecule has 8 heteroatoms. The summed E-state index contributed by atoms with van der Waals surface area (Å²) in [5.41, 5.74) is -0.409.